The van der Waals surface area contributed by atoms with Gasteiger partial charge in [-0.15, -0.1) is 0 Å². The van der Waals surface area contributed by atoms with Gasteiger partial charge in [0.25, 0.3) is 0 Å². The van der Waals surface area contributed by atoms with E-state index >= 15 is 0 Å². The van der Waals surface area contributed by atoms with Gasteiger partial charge >= 0.3 is 0 Å². The van der Waals surface area contributed by atoms with Crippen LogP contribution in [0.25, 0.3) is 0 Å². The second kappa shape index (κ2) is 8.36. The van der Waals surface area contributed by atoms with Gasteiger partial charge < -0.3 is 16.0 Å². The molecule has 0 saturated carbocycles. The zero-order valence-electron chi connectivity index (χ0n) is 12.3. The van der Waals surface area contributed by atoms with Gasteiger partial charge in [0.15, 0.2) is 0 Å². The van der Waals surface area contributed by atoms with Gasteiger partial charge in [-0.05, 0) is 18.9 Å². The lowest BCUT2D eigenvalue weighted by molar-refractivity contribution is -0.137. The highest BCUT2D eigenvalue weighted by Crippen LogP contribution is 2.12. The fraction of sp³-hybridized carbons (Fsp3) is 0.400. The lowest BCUT2D eigenvalue weighted by Gasteiger charge is -2.25. The zero-order chi connectivity index (χ0) is 15.8. The van der Waals surface area contributed by atoms with Crippen molar-refractivity contribution in [2.45, 2.75) is 13.3 Å². The second-order valence-corrected chi connectivity index (χ2v) is 5.14. The summed E-state index contributed by atoms with van der Waals surface area (Å²) in [5.74, 6) is -1.02. The van der Waals surface area contributed by atoms with Gasteiger partial charge in [0.2, 0.25) is 11.8 Å². The Morgan fingerprint density at radius 3 is 2.43 bits per heavy atom. The average Bonchev–Trinajstić information content (AvgIpc) is 2.50. The molecule has 1 aromatic rings. The predicted molar refractivity (Wildman–Crippen MR) is 86.7 cm³/mol. The monoisotopic (exact) mass is 307 g/mol. The highest BCUT2D eigenvalue weighted by atomic mass is 32.1. The first kappa shape index (κ1) is 17.1. The molecule has 0 aromatic heterocycles. The topological polar surface area (TPSA) is 75.4 Å². The number of thiocarbonyl (C=S) groups is 1. The van der Waals surface area contributed by atoms with Crippen LogP contribution in [0.15, 0.2) is 30.3 Å². The van der Waals surface area contributed by atoms with Gasteiger partial charge in [-0.1, -0.05) is 42.5 Å². The van der Waals surface area contributed by atoms with Crippen LogP contribution >= 0.6 is 12.2 Å². The number of rotatable bonds is 7. The Balaban J connectivity index is 2.85. The Kier molecular flexibility index (Phi) is 6.81. The van der Waals surface area contributed by atoms with Gasteiger partial charge in [-0.3, -0.25) is 9.59 Å². The maximum atomic E-state index is 12.6. The van der Waals surface area contributed by atoms with Crippen LogP contribution in [0.2, 0.25) is 0 Å². The summed E-state index contributed by atoms with van der Waals surface area (Å²) in [4.78, 5) is 25.6. The van der Waals surface area contributed by atoms with Crippen molar-refractivity contribution in [1.82, 2.24) is 10.2 Å². The molecule has 0 aliphatic carbocycles. The highest BCUT2D eigenvalue weighted by Gasteiger charge is 2.27. The maximum absolute atomic E-state index is 12.6. The minimum Gasteiger partial charge on any atom is -0.393 e. The number of carbonyl (C=O) groups is 2. The number of hydrogen-bond donors (Lipinski definition) is 2. The molecule has 0 fully saturated rings. The van der Waals surface area contributed by atoms with E-state index in [2.05, 4.69) is 5.32 Å². The molecule has 2 amide bonds. The number of likely N-dealkylation sites (N-methyl/N-ethyl adjacent to an activating group) is 2. The molecule has 0 spiro atoms. The minimum atomic E-state index is -0.591. The molecule has 3 N–H and O–H groups in total. The summed E-state index contributed by atoms with van der Waals surface area (Å²) in [6.07, 6.45) is 0.444. The Labute approximate surface area is 130 Å². The number of nitrogens with one attached hydrogen (secondary N) is 1. The zero-order valence-corrected chi connectivity index (χ0v) is 13.2. The van der Waals surface area contributed by atoms with Crippen LogP contribution < -0.4 is 11.1 Å². The van der Waals surface area contributed by atoms with Crippen LogP contribution in [0, 0.1) is 5.92 Å². The molecule has 114 valence electrons. The predicted octanol–water partition coefficient (Wildman–Crippen LogP) is 0.726. The minimum absolute atomic E-state index is 0.0136. The Morgan fingerprint density at radius 2 is 1.95 bits per heavy atom. The van der Waals surface area contributed by atoms with E-state index in [0.717, 1.165) is 5.56 Å². The van der Waals surface area contributed by atoms with Crippen molar-refractivity contribution in [3.63, 3.8) is 0 Å². The average molecular weight is 307 g/mol. The molecule has 1 atom stereocenters. The SMILES string of the molecule is CCN(CC(=O)NC)C(=O)C(Cc1ccccc1)C(N)=S. The van der Waals surface area contributed by atoms with Crippen molar-refractivity contribution in [2.24, 2.45) is 11.7 Å². The van der Waals surface area contributed by atoms with Crippen LogP contribution in [0.4, 0.5) is 0 Å². The molecule has 0 saturated heterocycles. The first-order valence-corrected chi connectivity index (χ1v) is 7.23. The first-order valence-electron chi connectivity index (χ1n) is 6.82. The van der Waals surface area contributed by atoms with Crippen LogP contribution in [0.3, 0.4) is 0 Å². The lowest BCUT2D eigenvalue weighted by atomic mass is 9.97. The summed E-state index contributed by atoms with van der Waals surface area (Å²) in [5.41, 5.74) is 6.71. The molecular formula is C15H21N3O2S. The van der Waals surface area contributed by atoms with E-state index < -0.39 is 5.92 Å². The quantitative estimate of drug-likeness (QED) is 0.728. The van der Waals surface area contributed by atoms with E-state index in [0.29, 0.717) is 13.0 Å². The first-order chi connectivity index (χ1) is 9.99. The molecule has 1 aromatic carbocycles. The van der Waals surface area contributed by atoms with Crippen LogP contribution in [0.1, 0.15) is 12.5 Å². The van der Waals surface area contributed by atoms with Crippen molar-refractivity contribution < 1.29 is 9.59 Å². The Hall–Kier alpha value is -1.95. The van der Waals surface area contributed by atoms with Crippen molar-refractivity contribution in [3.05, 3.63) is 35.9 Å². The van der Waals surface area contributed by atoms with E-state index in [9.17, 15) is 9.59 Å². The highest BCUT2D eigenvalue weighted by molar-refractivity contribution is 7.80. The number of benzene rings is 1. The molecule has 0 aliphatic heterocycles. The van der Waals surface area contributed by atoms with E-state index in [-0.39, 0.29) is 23.3 Å². The lowest BCUT2D eigenvalue weighted by Crippen LogP contribution is -2.46. The molecule has 1 rings (SSSR count). The van der Waals surface area contributed by atoms with Gasteiger partial charge in [0, 0.05) is 13.6 Å². The normalized spacial score (nSPS) is 11.5. The molecular weight excluding hydrogens is 286 g/mol. The number of nitrogens with zero attached hydrogens (tertiary/aromatic N) is 1. The molecule has 1 unspecified atom stereocenters. The molecule has 0 aliphatic rings. The van der Waals surface area contributed by atoms with Crippen LogP contribution in [-0.4, -0.2) is 41.8 Å². The number of carbonyl (C=O) groups excluding carboxylic acids is 2. The van der Waals surface area contributed by atoms with Crippen molar-refractivity contribution in [1.29, 1.82) is 0 Å². The number of nitrogens with two attached hydrogens (primary N) is 1. The largest absolute Gasteiger partial charge is 0.393 e. The van der Waals surface area contributed by atoms with Crippen LogP contribution in [-0.2, 0) is 16.0 Å². The molecule has 6 heteroatoms. The van der Waals surface area contributed by atoms with Crippen molar-refractivity contribution in [2.75, 3.05) is 20.1 Å². The third kappa shape index (κ3) is 5.15. The third-order valence-corrected chi connectivity index (χ3v) is 3.52. The Morgan fingerprint density at radius 1 is 1.33 bits per heavy atom. The summed E-state index contributed by atoms with van der Waals surface area (Å²) in [7, 11) is 1.54. The fourth-order valence-electron chi connectivity index (χ4n) is 1.98. The maximum Gasteiger partial charge on any atom is 0.239 e. The summed E-state index contributed by atoms with van der Waals surface area (Å²) in [6.45, 7) is 2.26. The second-order valence-electron chi connectivity index (χ2n) is 4.67. The van der Waals surface area contributed by atoms with Crippen molar-refractivity contribution in [3.8, 4) is 0 Å². The molecule has 5 nitrogen and oxygen atoms in total. The van der Waals surface area contributed by atoms with Gasteiger partial charge in [0.05, 0.1) is 17.5 Å². The molecule has 21 heavy (non-hydrogen) atoms. The van der Waals surface area contributed by atoms with E-state index in [4.69, 9.17) is 18.0 Å². The summed E-state index contributed by atoms with van der Waals surface area (Å²) < 4.78 is 0. The molecule has 0 bridgehead atoms. The summed E-state index contributed by atoms with van der Waals surface area (Å²) in [5, 5.41) is 2.51. The number of amides is 2. The van der Waals surface area contributed by atoms with Gasteiger partial charge in [0.1, 0.15) is 0 Å². The van der Waals surface area contributed by atoms with Gasteiger partial charge in [-0.2, -0.15) is 0 Å². The van der Waals surface area contributed by atoms with E-state index in [1.807, 2.05) is 37.3 Å². The van der Waals surface area contributed by atoms with Crippen LogP contribution in [0.5, 0.6) is 0 Å². The van der Waals surface area contributed by atoms with Crippen molar-refractivity contribution >= 4 is 29.0 Å². The van der Waals surface area contributed by atoms with Gasteiger partial charge in [-0.25, -0.2) is 0 Å². The van der Waals surface area contributed by atoms with E-state index in [1.54, 1.807) is 0 Å². The van der Waals surface area contributed by atoms with E-state index in [1.165, 1.54) is 11.9 Å². The number of hydrogen-bond acceptors (Lipinski definition) is 3. The molecule has 0 radical (unpaired) electrons. The Bertz CT molecular complexity index is 505. The summed E-state index contributed by atoms with van der Waals surface area (Å²) >= 11 is 5.03. The fourth-order valence-corrected chi connectivity index (χ4v) is 2.16. The standard InChI is InChI=1S/C15H21N3O2S/c1-3-18(10-13(19)17-2)15(20)12(14(16)21)9-11-7-5-4-6-8-11/h4-8,12H,3,9-10H2,1-2H3,(H2,16,21)(H,17,19). The summed E-state index contributed by atoms with van der Waals surface area (Å²) in [6, 6.07) is 9.56. The smallest absolute Gasteiger partial charge is 0.239 e. The third-order valence-electron chi connectivity index (χ3n) is 3.23. The molecule has 0 heterocycles.